The van der Waals surface area contributed by atoms with Gasteiger partial charge in [-0.05, 0) is 43.2 Å². The van der Waals surface area contributed by atoms with Gasteiger partial charge in [-0.1, -0.05) is 13.8 Å². The number of aromatic carboxylic acids is 1. The molecule has 0 radical (unpaired) electrons. The molecule has 2 N–H and O–H groups in total. The van der Waals surface area contributed by atoms with E-state index in [1.165, 1.54) is 18.6 Å². The molecular formula is C15H20N2O4. The minimum atomic E-state index is -1.28. The molecule has 0 heterocycles. The van der Waals surface area contributed by atoms with Crippen LogP contribution in [-0.2, 0) is 0 Å². The van der Waals surface area contributed by atoms with Crippen LogP contribution in [0.25, 0.3) is 0 Å². The third-order valence-corrected chi connectivity index (χ3v) is 3.97. The first-order valence-electron chi connectivity index (χ1n) is 7.15. The zero-order valence-corrected chi connectivity index (χ0v) is 12.2. The van der Waals surface area contributed by atoms with Gasteiger partial charge in [0.15, 0.2) is 0 Å². The summed E-state index contributed by atoms with van der Waals surface area (Å²) >= 11 is 0. The van der Waals surface area contributed by atoms with Crippen LogP contribution in [-0.4, -0.2) is 22.0 Å². The van der Waals surface area contributed by atoms with Gasteiger partial charge >= 0.3 is 5.97 Å². The van der Waals surface area contributed by atoms with Crippen molar-refractivity contribution < 1.29 is 14.8 Å². The van der Waals surface area contributed by atoms with Crippen molar-refractivity contribution in [2.24, 2.45) is 11.8 Å². The lowest BCUT2D eigenvalue weighted by molar-refractivity contribution is -0.385. The molecule has 1 aromatic rings. The number of carboxylic acids is 1. The molecular weight excluding hydrogens is 272 g/mol. The van der Waals surface area contributed by atoms with E-state index in [9.17, 15) is 14.9 Å². The summed E-state index contributed by atoms with van der Waals surface area (Å²) in [7, 11) is 0. The van der Waals surface area contributed by atoms with Gasteiger partial charge in [-0.3, -0.25) is 10.1 Å². The van der Waals surface area contributed by atoms with E-state index in [0.29, 0.717) is 17.5 Å². The number of nitrogens with one attached hydrogen (secondary N) is 1. The van der Waals surface area contributed by atoms with E-state index < -0.39 is 10.9 Å². The Balaban J connectivity index is 2.19. The van der Waals surface area contributed by atoms with Gasteiger partial charge in [0.05, 0.1) is 4.92 Å². The number of rotatable bonds is 4. The zero-order valence-electron chi connectivity index (χ0n) is 12.2. The van der Waals surface area contributed by atoms with Crippen LogP contribution >= 0.6 is 0 Å². The summed E-state index contributed by atoms with van der Waals surface area (Å²) < 4.78 is 0. The first kappa shape index (κ1) is 15.3. The molecule has 1 aliphatic carbocycles. The highest BCUT2D eigenvalue weighted by atomic mass is 16.6. The maximum absolute atomic E-state index is 11.1. The van der Waals surface area contributed by atoms with E-state index in [2.05, 4.69) is 19.2 Å². The molecule has 0 bridgehead atoms. The molecule has 0 amide bonds. The Morgan fingerprint density at radius 2 is 1.90 bits per heavy atom. The van der Waals surface area contributed by atoms with Gasteiger partial charge in [0, 0.05) is 17.8 Å². The number of benzene rings is 1. The fourth-order valence-corrected chi connectivity index (χ4v) is 3.26. The molecule has 2 unspecified atom stereocenters. The Morgan fingerprint density at radius 1 is 1.29 bits per heavy atom. The average molecular weight is 292 g/mol. The van der Waals surface area contributed by atoms with E-state index in [-0.39, 0.29) is 17.3 Å². The highest BCUT2D eigenvalue weighted by Crippen LogP contribution is 2.31. The van der Waals surface area contributed by atoms with Gasteiger partial charge in [0.1, 0.15) is 5.56 Å². The summed E-state index contributed by atoms with van der Waals surface area (Å²) in [5.74, 6) is -0.0257. The fraction of sp³-hybridized carbons (Fsp3) is 0.533. The summed E-state index contributed by atoms with van der Waals surface area (Å²) in [6.45, 7) is 4.42. The molecule has 0 spiro atoms. The van der Waals surface area contributed by atoms with Crippen molar-refractivity contribution in [3.8, 4) is 0 Å². The molecule has 1 aliphatic rings. The predicted octanol–water partition coefficient (Wildman–Crippen LogP) is 3.53. The number of anilines is 1. The summed E-state index contributed by atoms with van der Waals surface area (Å²) in [5, 5.41) is 23.2. The molecule has 114 valence electrons. The molecule has 0 aromatic heterocycles. The number of carbonyl (C=O) groups is 1. The van der Waals surface area contributed by atoms with Crippen LogP contribution in [0.3, 0.4) is 0 Å². The first-order chi connectivity index (χ1) is 9.86. The SMILES string of the molecule is CC1CC(C)CC(Nc2ccc([N+](=O)[O-])c(C(=O)O)c2)C1. The van der Waals surface area contributed by atoms with Gasteiger partial charge in [-0.2, -0.15) is 0 Å². The normalized spacial score (nSPS) is 25.3. The second kappa shape index (κ2) is 6.11. The van der Waals surface area contributed by atoms with E-state index in [1.54, 1.807) is 6.07 Å². The fourth-order valence-electron chi connectivity index (χ4n) is 3.26. The Morgan fingerprint density at radius 3 is 2.43 bits per heavy atom. The lowest BCUT2D eigenvalue weighted by Crippen LogP contribution is -2.30. The largest absolute Gasteiger partial charge is 0.477 e. The number of nitro benzene ring substituents is 1. The van der Waals surface area contributed by atoms with Crippen molar-refractivity contribution in [2.75, 3.05) is 5.32 Å². The van der Waals surface area contributed by atoms with Gasteiger partial charge in [-0.15, -0.1) is 0 Å². The Bertz CT molecular complexity index is 549. The van der Waals surface area contributed by atoms with Crippen LogP contribution in [0.15, 0.2) is 18.2 Å². The van der Waals surface area contributed by atoms with Gasteiger partial charge < -0.3 is 10.4 Å². The topological polar surface area (TPSA) is 92.5 Å². The summed E-state index contributed by atoms with van der Waals surface area (Å²) in [5.41, 5.74) is -0.0235. The number of nitrogens with zero attached hydrogens (tertiary/aromatic N) is 1. The van der Waals surface area contributed by atoms with Crippen molar-refractivity contribution in [3.63, 3.8) is 0 Å². The molecule has 2 atom stereocenters. The van der Waals surface area contributed by atoms with Crippen LogP contribution in [0.1, 0.15) is 43.5 Å². The lowest BCUT2D eigenvalue weighted by Gasteiger charge is -2.32. The van der Waals surface area contributed by atoms with E-state index in [1.807, 2.05) is 0 Å². The maximum Gasteiger partial charge on any atom is 0.342 e. The third kappa shape index (κ3) is 3.71. The highest BCUT2D eigenvalue weighted by Gasteiger charge is 2.25. The summed E-state index contributed by atoms with van der Waals surface area (Å²) in [6, 6.07) is 4.47. The van der Waals surface area contributed by atoms with Crippen LogP contribution in [0.2, 0.25) is 0 Å². The maximum atomic E-state index is 11.1. The molecule has 1 aromatic carbocycles. The molecule has 21 heavy (non-hydrogen) atoms. The molecule has 2 rings (SSSR count). The molecule has 0 saturated heterocycles. The monoisotopic (exact) mass is 292 g/mol. The molecule has 6 heteroatoms. The van der Waals surface area contributed by atoms with Crippen LogP contribution in [0.5, 0.6) is 0 Å². The first-order valence-corrected chi connectivity index (χ1v) is 7.15. The summed E-state index contributed by atoms with van der Waals surface area (Å²) in [6.07, 6.45) is 3.27. The zero-order chi connectivity index (χ0) is 15.6. The molecule has 6 nitrogen and oxygen atoms in total. The van der Waals surface area contributed by atoms with Crippen LogP contribution in [0, 0.1) is 22.0 Å². The molecule has 0 aliphatic heterocycles. The smallest absolute Gasteiger partial charge is 0.342 e. The van der Waals surface area contributed by atoms with E-state index in [0.717, 1.165) is 12.8 Å². The van der Waals surface area contributed by atoms with Crippen molar-refractivity contribution in [2.45, 2.75) is 39.2 Å². The number of carboxylic acid groups (broad SMARTS) is 1. The lowest BCUT2D eigenvalue weighted by atomic mass is 9.80. The average Bonchev–Trinajstić information content (AvgIpc) is 2.36. The van der Waals surface area contributed by atoms with E-state index in [4.69, 9.17) is 5.11 Å². The van der Waals surface area contributed by atoms with Gasteiger partial charge in [0.25, 0.3) is 5.69 Å². The minimum Gasteiger partial charge on any atom is -0.477 e. The highest BCUT2D eigenvalue weighted by molar-refractivity contribution is 5.93. The van der Waals surface area contributed by atoms with Gasteiger partial charge in [-0.25, -0.2) is 4.79 Å². The Kier molecular flexibility index (Phi) is 4.45. The standard InChI is InChI=1S/C15H20N2O4/c1-9-5-10(2)7-12(6-9)16-11-3-4-14(17(20)21)13(8-11)15(18)19/h3-4,8-10,12,16H,5-7H2,1-2H3,(H,18,19). The Labute approximate surface area is 123 Å². The molecule has 1 fully saturated rings. The predicted molar refractivity (Wildman–Crippen MR) is 79.6 cm³/mol. The van der Waals surface area contributed by atoms with Crippen molar-refractivity contribution in [3.05, 3.63) is 33.9 Å². The molecule has 1 saturated carbocycles. The quantitative estimate of drug-likeness (QED) is 0.654. The number of nitro groups is 1. The summed E-state index contributed by atoms with van der Waals surface area (Å²) in [4.78, 5) is 21.3. The third-order valence-electron chi connectivity index (χ3n) is 3.97. The van der Waals surface area contributed by atoms with Crippen molar-refractivity contribution in [1.29, 1.82) is 0 Å². The Hall–Kier alpha value is -2.11. The number of hydrogen-bond acceptors (Lipinski definition) is 4. The minimum absolute atomic E-state index is 0.276. The second-order valence-electron chi connectivity index (χ2n) is 6.05. The van der Waals surface area contributed by atoms with Gasteiger partial charge in [0.2, 0.25) is 0 Å². The van der Waals surface area contributed by atoms with E-state index >= 15 is 0 Å². The van der Waals surface area contributed by atoms with Crippen LogP contribution in [0.4, 0.5) is 11.4 Å². The number of hydrogen-bond donors (Lipinski definition) is 2. The second-order valence-corrected chi connectivity index (χ2v) is 6.05. The van der Waals surface area contributed by atoms with Crippen LogP contribution < -0.4 is 5.32 Å². The van der Waals surface area contributed by atoms with Crippen molar-refractivity contribution >= 4 is 17.3 Å². The van der Waals surface area contributed by atoms with Crippen molar-refractivity contribution in [1.82, 2.24) is 0 Å².